The van der Waals surface area contributed by atoms with Gasteiger partial charge in [-0.15, -0.1) is 0 Å². The number of carbonyl (C=O) groups excluding carboxylic acids is 1. The Morgan fingerprint density at radius 3 is 2.29 bits per heavy atom. The summed E-state index contributed by atoms with van der Waals surface area (Å²) in [5.41, 5.74) is 1.97. The fraction of sp³-hybridized carbons (Fsp3) is 0.840. The lowest BCUT2D eigenvalue weighted by Gasteiger charge is -2.39. The molecule has 6 nitrogen and oxygen atoms in total. The number of hydrogen-bond donors (Lipinski definition) is 0. The van der Waals surface area contributed by atoms with E-state index in [1.807, 2.05) is 25.7 Å². The molecule has 2 unspecified atom stereocenters. The Labute approximate surface area is 186 Å². The number of carbonyl (C=O) groups is 1. The average Bonchev–Trinajstić information content (AvgIpc) is 3.42. The maximum absolute atomic E-state index is 12.7. The van der Waals surface area contributed by atoms with E-state index in [4.69, 9.17) is 14.0 Å². The van der Waals surface area contributed by atoms with E-state index in [1.54, 1.807) is 0 Å². The van der Waals surface area contributed by atoms with Crippen molar-refractivity contribution in [3.05, 3.63) is 17.0 Å². The van der Waals surface area contributed by atoms with Crippen molar-refractivity contribution in [2.45, 2.75) is 134 Å². The third-order valence-electron chi connectivity index (χ3n) is 7.55. The molecule has 2 bridgehead atoms. The molecule has 2 aliphatic carbocycles. The molecule has 2 aliphatic heterocycles. The van der Waals surface area contributed by atoms with Crippen molar-refractivity contribution in [1.82, 2.24) is 10.1 Å². The van der Waals surface area contributed by atoms with Gasteiger partial charge in [-0.25, -0.2) is 4.79 Å². The van der Waals surface area contributed by atoms with E-state index < -0.39 is 5.60 Å². The van der Waals surface area contributed by atoms with E-state index in [-0.39, 0.29) is 24.3 Å². The molecule has 1 amide bonds. The summed E-state index contributed by atoms with van der Waals surface area (Å²) < 4.78 is 18.0. The van der Waals surface area contributed by atoms with Crippen LogP contribution >= 0.6 is 0 Å². The first-order valence-corrected chi connectivity index (χ1v) is 12.5. The van der Waals surface area contributed by atoms with E-state index >= 15 is 0 Å². The van der Waals surface area contributed by atoms with Gasteiger partial charge in [0, 0.05) is 29.5 Å². The minimum atomic E-state index is -0.452. The van der Waals surface area contributed by atoms with E-state index in [2.05, 4.69) is 5.16 Å². The Bertz CT molecular complexity index is 774. The molecule has 2 saturated carbocycles. The lowest BCUT2D eigenvalue weighted by atomic mass is 9.85. The quantitative estimate of drug-likeness (QED) is 0.569. The molecule has 1 aromatic heterocycles. The molecule has 4 aliphatic rings. The summed E-state index contributed by atoms with van der Waals surface area (Å²) in [6, 6.07) is 0.476. The van der Waals surface area contributed by atoms with Gasteiger partial charge in [0.15, 0.2) is 0 Å². The average molecular weight is 431 g/mol. The number of piperidine rings is 1. The Kier molecular flexibility index (Phi) is 5.78. The van der Waals surface area contributed by atoms with Crippen molar-refractivity contribution in [2.75, 3.05) is 0 Å². The largest absolute Gasteiger partial charge is 0.444 e. The Morgan fingerprint density at radius 1 is 1.00 bits per heavy atom. The molecular weight excluding hydrogens is 392 g/mol. The monoisotopic (exact) mass is 430 g/mol. The van der Waals surface area contributed by atoms with Crippen molar-refractivity contribution in [2.24, 2.45) is 0 Å². The van der Waals surface area contributed by atoms with Crippen molar-refractivity contribution in [3.63, 3.8) is 0 Å². The van der Waals surface area contributed by atoms with E-state index in [0.29, 0.717) is 18.4 Å². The molecule has 0 spiro atoms. The van der Waals surface area contributed by atoms with Crippen LogP contribution in [-0.4, -0.2) is 39.9 Å². The molecule has 3 heterocycles. The summed E-state index contributed by atoms with van der Waals surface area (Å²) in [6.07, 6.45) is 12.7. The fourth-order valence-corrected chi connectivity index (χ4v) is 5.92. The number of hydrogen-bond acceptors (Lipinski definition) is 5. The zero-order chi connectivity index (χ0) is 21.6. The summed E-state index contributed by atoms with van der Waals surface area (Å²) in [5.74, 6) is 2.18. The van der Waals surface area contributed by atoms with Gasteiger partial charge in [0.25, 0.3) is 0 Å². The van der Waals surface area contributed by atoms with Crippen LogP contribution in [0, 0.1) is 0 Å². The first-order valence-electron chi connectivity index (χ1n) is 12.5. The highest BCUT2D eigenvalue weighted by Gasteiger charge is 2.45. The predicted molar refractivity (Wildman–Crippen MR) is 117 cm³/mol. The van der Waals surface area contributed by atoms with E-state index in [1.165, 1.54) is 56.2 Å². The summed E-state index contributed by atoms with van der Waals surface area (Å²) in [5, 5.41) is 4.55. The maximum atomic E-state index is 12.7. The first-order chi connectivity index (χ1) is 14.9. The van der Waals surface area contributed by atoms with Gasteiger partial charge in [0.2, 0.25) is 0 Å². The van der Waals surface area contributed by atoms with Gasteiger partial charge in [-0.3, -0.25) is 0 Å². The highest BCUT2D eigenvalue weighted by molar-refractivity contribution is 5.69. The number of ether oxygens (including phenoxy) is 2. The third-order valence-corrected chi connectivity index (χ3v) is 7.55. The van der Waals surface area contributed by atoms with E-state index in [9.17, 15) is 4.79 Å². The molecule has 4 fully saturated rings. The minimum absolute atomic E-state index is 0.159. The third kappa shape index (κ3) is 4.64. The summed E-state index contributed by atoms with van der Waals surface area (Å²) in [4.78, 5) is 14.7. The minimum Gasteiger partial charge on any atom is -0.444 e. The lowest BCUT2D eigenvalue weighted by molar-refractivity contribution is -0.0400. The normalized spacial score (nSPS) is 29.4. The highest BCUT2D eigenvalue weighted by Crippen LogP contribution is 2.45. The lowest BCUT2D eigenvalue weighted by Crippen LogP contribution is -2.50. The number of nitrogens with zero attached hydrogens (tertiary/aromatic N) is 2. The fourth-order valence-electron chi connectivity index (χ4n) is 5.92. The van der Waals surface area contributed by atoms with Gasteiger partial charge >= 0.3 is 6.09 Å². The number of fused-ring (bicyclic) bond motifs is 2. The van der Waals surface area contributed by atoms with Crippen LogP contribution in [0.2, 0.25) is 0 Å². The molecule has 31 heavy (non-hydrogen) atoms. The molecule has 6 heteroatoms. The predicted octanol–water partition coefficient (Wildman–Crippen LogP) is 6.05. The van der Waals surface area contributed by atoms with Crippen LogP contribution in [-0.2, 0) is 16.1 Å². The van der Waals surface area contributed by atoms with Crippen LogP contribution in [0.25, 0.3) is 0 Å². The standard InChI is InChI=1S/C25H38N2O4/c1-25(2,3)30-24(28)27-18-11-12-19(27)14-20(13-18)29-15-21-22(16-7-5-4-6-8-16)26-31-23(21)17-9-10-17/h16-20H,4-15H2,1-3H3. The first kappa shape index (κ1) is 21.3. The van der Waals surface area contributed by atoms with Crippen LogP contribution in [0.5, 0.6) is 0 Å². The Morgan fingerprint density at radius 2 is 1.68 bits per heavy atom. The molecule has 2 atom stereocenters. The SMILES string of the molecule is CC(C)(C)OC(=O)N1C2CCC1CC(OCc1c(C3CCCCC3)noc1C1CC1)C2. The molecule has 5 rings (SSSR count). The second-order valence-electron chi connectivity index (χ2n) is 11.2. The number of rotatable bonds is 5. The van der Waals surface area contributed by atoms with Gasteiger partial charge < -0.3 is 18.9 Å². The van der Waals surface area contributed by atoms with Crippen LogP contribution < -0.4 is 0 Å². The van der Waals surface area contributed by atoms with Crippen molar-refractivity contribution in [1.29, 1.82) is 0 Å². The van der Waals surface area contributed by atoms with Crippen LogP contribution in [0.1, 0.15) is 120 Å². The zero-order valence-corrected chi connectivity index (χ0v) is 19.4. The molecule has 1 aromatic rings. The van der Waals surface area contributed by atoms with Gasteiger partial charge in [-0.05, 0) is 72.1 Å². The maximum Gasteiger partial charge on any atom is 0.410 e. The molecule has 0 radical (unpaired) electrons. The topological polar surface area (TPSA) is 64.8 Å². The Balaban J connectivity index is 1.24. The van der Waals surface area contributed by atoms with Gasteiger partial charge in [0.05, 0.1) is 18.4 Å². The second kappa shape index (κ2) is 8.42. The second-order valence-corrected chi connectivity index (χ2v) is 11.2. The van der Waals surface area contributed by atoms with Crippen molar-refractivity contribution in [3.8, 4) is 0 Å². The summed E-state index contributed by atoms with van der Waals surface area (Å²) in [6.45, 7) is 6.41. The van der Waals surface area contributed by atoms with E-state index in [0.717, 1.165) is 31.4 Å². The molecule has 0 aromatic carbocycles. The summed E-state index contributed by atoms with van der Waals surface area (Å²) >= 11 is 0. The Hall–Kier alpha value is -1.56. The zero-order valence-electron chi connectivity index (χ0n) is 19.4. The van der Waals surface area contributed by atoms with Gasteiger partial charge in [0.1, 0.15) is 11.4 Å². The van der Waals surface area contributed by atoms with Gasteiger partial charge in [-0.1, -0.05) is 24.4 Å². The van der Waals surface area contributed by atoms with Crippen molar-refractivity contribution >= 4 is 6.09 Å². The molecule has 172 valence electrons. The molecular formula is C25H38N2O4. The van der Waals surface area contributed by atoms with Crippen LogP contribution in [0.15, 0.2) is 4.52 Å². The summed E-state index contributed by atoms with van der Waals surface area (Å²) in [7, 11) is 0. The number of amides is 1. The van der Waals surface area contributed by atoms with Crippen LogP contribution in [0.4, 0.5) is 4.79 Å². The smallest absolute Gasteiger partial charge is 0.410 e. The van der Waals surface area contributed by atoms with Crippen molar-refractivity contribution < 1.29 is 18.8 Å². The van der Waals surface area contributed by atoms with Crippen LogP contribution in [0.3, 0.4) is 0 Å². The number of aromatic nitrogens is 1. The molecule has 0 N–H and O–H groups in total. The highest BCUT2D eigenvalue weighted by atomic mass is 16.6. The molecule has 2 saturated heterocycles. The van der Waals surface area contributed by atoms with Gasteiger partial charge in [-0.2, -0.15) is 0 Å².